The quantitative estimate of drug-likeness (QED) is 0.178. The van der Waals surface area contributed by atoms with Crippen LogP contribution in [0.4, 0.5) is 5.69 Å². The van der Waals surface area contributed by atoms with Crippen molar-refractivity contribution in [2.45, 2.75) is 57.7 Å². The van der Waals surface area contributed by atoms with Crippen molar-refractivity contribution in [3.63, 3.8) is 0 Å². The van der Waals surface area contributed by atoms with Gasteiger partial charge in [-0.05, 0) is 79.5 Å². The van der Waals surface area contributed by atoms with Crippen molar-refractivity contribution in [3.8, 4) is 5.75 Å². The van der Waals surface area contributed by atoms with Crippen LogP contribution in [0.15, 0.2) is 53.6 Å². The normalized spacial score (nSPS) is 25.5. The average Bonchev–Trinajstić information content (AvgIpc) is 3.09. The van der Waals surface area contributed by atoms with E-state index in [2.05, 4.69) is 48.8 Å². The molecule has 5 unspecified atom stereocenters. The van der Waals surface area contributed by atoms with Gasteiger partial charge >= 0.3 is 0 Å². The summed E-state index contributed by atoms with van der Waals surface area (Å²) in [5, 5.41) is 2.77. The minimum atomic E-state index is -0.118. The Bertz CT molecular complexity index is 1130. The molecule has 0 spiro atoms. The van der Waals surface area contributed by atoms with Crippen LogP contribution < -0.4 is 15.0 Å². The number of fused-ring (bicyclic) bond motifs is 1. The van der Waals surface area contributed by atoms with Crippen molar-refractivity contribution >= 4 is 41.6 Å². The van der Waals surface area contributed by atoms with Crippen LogP contribution >= 0.6 is 24.2 Å². The Hall–Kier alpha value is -2.18. The molecule has 0 saturated heterocycles. The smallest absolute Gasteiger partial charge is 0.251 e. The zero-order valence-corrected chi connectivity index (χ0v) is 25.1. The largest absolute Gasteiger partial charge is 0.491 e. The van der Waals surface area contributed by atoms with Crippen molar-refractivity contribution in [2.24, 2.45) is 23.7 Å². The van der Waals surface area contributed by atoms with Crippen LogP contribution in [0.3, 0.4) is 0 Å². The average molecular weight is 571 g/mol. The molecule has 1 heterocycles. The van der Waals surface area contributed by atoms with Gasteiger partial charge in [0.15, 0.2) is 5.78 Å². The molecule has 1 saturated carbocycles. The highest BCUT2D eigenvalue weighted by atomic mass is 35.5. The van der Waals surface area contributed by atoms with Gasteiger partial charge in [0.1, 0.15) is 5.75 Å². The van der Waals surface area contributed by atoms with Gasteiger partial charge in [-0.15, -0.1) is 11.6 Å². The monoisotopic (exact) mass is 570 g/mol. The molecule has 0 radical (unpaired) electrons. The third-order valence-electron chi connectivity index (χ3n) is 8.37. The topological polar surface area (TPSA) is 58.6 Å². The number of nitrogens with zero attached hydrogens (tertiary/aromatic N) is 1. The van der Waals surface area contributed by atoms with Gasteiger partial charge in [-0.3, -0.25) is 9.59 Å². The van der Waals surface area contributed by atoms with Gasteiger partial charge < -0.3 is 15.0 Å². The molecule has 1 aliphatic heterocycles. The first-order chi connectivity index (χ1) is 18.8. The summed E-state index contributed by atoms with van der Waals surface area (Å²) in [6.07, 6.45) is 13.9. The SMILES string of the molecule is CCCC1=C(C2COc3ccc(C(=O)NC)cc3N(CC3CCC3C(=O)/C=C/CC(C)CS)C2)C=CC(Cl)C1. The number of ether oxygens (including phenoxy) is 1. The molecule has 39 heavy (non-hydrogen) atoms. The number of amides is 1. The Morgan fingerprint density at radius 2 is 2.13 bits per heavy atom. The second-order valence-corrected chi connectivity index (χ2v) is 12.3. The summed E-state index contributed by atoms with van der Waals surface area (Å²) in [5.74, 6) is 2.69. The van der Waals surface area contributed by atoms with E-state index in [9.17, 15) is 9.59 Å². The molecule has 5 atom stereocenters. The molecular weight excluding hydrogens is 528 g/mol. The Kier molecular flexibility index (Phi) is 10.6. The highest BCUT2D eigenvalue weighted by Gasteiger charge is 2.38. The molecule has 212 valence electrons. The molecule has 1 aromatic rings. The van der Waals surface area contributed by atoms with E-state index >= 15 is 0 Å². The fourth-order valence-electron chi connectivity index (χ4n) is 5.92. The number of thiol groups is 1. The van der Waals surface area contributed by atoms with E-state index in [0.717, 1.165) is 68.8 Å². The second-order valence-electron chi connectivity index (χ2n) is 11.3. The summed E-state index contributed by atoms with van der Waals surface area (Å²) in [6.45, 7) is 6.46. The molecule has 5 nitrogen and oxygen atoms in total. The lowest BCUT2D eigenvalue weighted by atomic mass is 9.70. The number of carbonyl (C=O) groups is 2. The van der Waals surface area contributed by atoms with E-state index in [4.69, 9.17) is 16.3 Å². The molecular formula is C32H43ClN2O3S. The summed E-state index contributed by atoms with van der Waals surface area (Å²) in [7, 11) is 1.65. The maximum absolute atomic E-state index is 13.1. The van der Waals surface area contributed by atoms with E-state index in [1.165, 1.54) is 11.1 Å². The molecule has 3 aliphatic rings. The molecule has 0 bridgehead atoms. The standard InChI is InChI=1S/C32H43ClN2O3S/c1-4-6-22-15-26(33)11-13-27(22)25-18-35(29-16-23(32(37)34-3)10-14-31(29)38-19-25)17-24-9-12-28(24)30(36)8-5-7-21(2)20-39/h5,8,10-11,13-14,16,21,24-26,28,39H,4,6-7,9,12,15,17-20H2,1-3H3,(H,34,37)/b8-5+. The first-order valence-corrected chi connectivity index (χ1v) is 15.5. The molecule has 2 aliphatic carbocycles. The second kappa shape index (κ2) is 13.9. The van der Waals surface area contributed by atoms with Crippen molar-refractivity contribution in [1.82, 2.24) is 5.32 Å². The number of halogens is 1. The maximum atomic E-state index is 13.1. The molecule has 1 amide bonds. The van der Waals surface area contributed by atoms with Gasteiger partial charge in [0.25, 0.3) is 5.91 Å². The number of alkyl halides is 1. The first-order valence-electron chi connectivity index (χ1n) is 14.4. The number of ketones is 1. The van der Waals surface area contributed by atoms with Crippen molar-refractivity contribution in [3.05, 3.63) is 59.2 Å². The Morgan fingerprint density at radius 3 is 2.82 bits per heavy atom. The van der Waals surface area contributed by atoms with Gasteiger partial charge in [-0.1, -0.05) is 44.1 Å². The molecule has 1 N–H and O–H groups in total. The molecule has 0 aromatic heterocycles. The zero-order valence-electron chi connectivity index (χ0n) is 23.5. The molecule has 4 rings (SSSR count). The first kappa shape index (κ1) is 29.8. The predicted molar refractivity (Wildman–Crippen MR) is 164 cm³/mol. The number of hydrogen-bond donors (Lipinski definition) is 2. The van der Waals surface area contributed by atoms with Crippen molar-refractivity contribution in [2.75, 3.05) is 37.4 Å². The van der Waals surface area contributed by atoms with Crippen LogP contribution in [0.2, 0.25) is 0 Å². The van der Waals surface area contributed by atoms with Crippen LogP contribution in [0.5, 0.6) is 5.75 Å². The van der Waals surface area contributed by atoms with Crippen molar-refractivity contribution < 1.29 is 14.3 Å². The van der Waals surface area contributed by atoms with E-state index in [1.807, 2.05) is 24.3 Å². The van der Waals surface area contributed by atoms with Gasteiger partial charge in [0.2, 0.25) is 0 Å². The number of anilines is 1. The maximum Gasteiger partial charge on any atom is 0.251 e. The summed E-state index contributed by atoms with van der Waals surface area (Å²) in [4.78, 5) is 27.9. The lowest BCUT2D eigenvalue weighted by molar-refractivity contribution is -0.122. The lowest BCUT2D eigenvalue weighted by Crippen LogP contribution is -2.43. The lowest BCUT2D eigenvalue weighted by Gasteiger charge is -2.40. The Morgan fingerprint density at radius 1 is 1.31 bits per heavy atom. The summed E-state index contributed by atoms with van der Waals surface area (Å²) < 4.78 is 6.40. The third-order valence-corrected chi connectivity index (χ3v) is 9.29. The summed E-state index contributed by atoms with van der Waals surface area (Å²) >= 11 is 10.9. The zero-order chi connectivity index (χ0) is 27.9. The molecule has 1 aromatic carbocycles. The number of hydrogen-bond acceptors (Lipinski definition) is 5. The van der Waals surface area contributed by atoms with Gasteiger partial charge in [0.05, 0.1) is 17.7 Å². The Balaban J connectivity index is 1.60. The highest BCUT2D eigenvalue weighted by Crippen LogP contribution is 2.42. The van der Waals surface area contributed by atoms with E-state index in [-0.39, 0.29) is 34.8 Å². The molecule has 7 heteroatoms. The van der Waals surface area contributed by atoms with E-state index in [1.54, 1.807) is 13.1 Å². The van der Waals surface area contributed by atoms with E-state index < -0.39 is 0 Å². The van der Waals surface area contributed by atoms with Crippen LogP contribution in [0, 0.1) is 23.7 Å². The van der Waals surface area contributed by atoms with Gasteiger partial charge in [0, 0.05) is 37.5 Å². The summed E-state index contributed by atoms with van der Waals surface area (Å²) in [6, 6.07) is 5.68. The van der Waals surface area contributed by atoms with Crippen LogP contribution in [0.1, 0.15) is 62.7 Å². The fourth-order valence-corrected chi connectivity index (χ4v) is 6.33. The van der Waals surface area contributed by atoms with Crippen molar-refractivity contribution in [1.29, 1.82) is 0 Å². The third kappa shape index (κ3) is 7.32. The highest BCUT2D eigenvalue weighted by molar-refractivity contribution is 7.80. The minimum Gasteiger partial charge on any atom is -0.491 e. The minimum absolute atomic E-state index is 0.0379. The van der Waals surface area contributed by atoms with E-state index in [0.29, 0.717) is 18.1 Å². The fraction of sp³-hybridized carbons (Fsp3) is 0.562. The predicted octanol–water partition coefficient (Wildman–Crippen LogP) is 6.63. The van der Waals surface area contributed by atoms with Crippen LogP contribution in [-0.4, -0.2) is 49.6 Å². The number of nitrogens with one attached hydrogen (secondary N) is 1. The Labute approximate surface area is 244 Å². The summed E-state index contributed by atoms with van der Waals surface area (Å²) in [5.41, 5.74) is 4.30. The van der Waals surface area contributed by atoms with Crippen LogP contribution in [-0.2, 0) is 4.79 Å². The number of allylic oxidation sites excluding steroid dienone is 5. The number of rotatable bonds is 11. The molecule has 1 fully saturated rings. The van der Waals surface area contributed by atoms with Gasteiger partial charge in [-0.25, -0.2) is 0 Å². The number of benzene rings is 1. The van der Waals surface area contributed by atoms with Crippen LogP contribution in [0.25, 0.3) is 0 Å². The van der Waals surface area contributed by atoms with Gasteiger partial charge in [-0.2, -0.15) is 12.6 Å². The number of carbonyl (C=O) groups excluding carboxylic acids is 2.